The van der Waals surface area contributed by atoms with E-state index in [0.29, 0.717) is 6.61 Å². The Hall–Kier alpha value is -1.10. The summed E-state index contributed by atoms with van der Waals surface area (Å²) in [7, 11) is 1.72. The molecule has 0 aliphatic carbocycles. The van der Waals surface area contributed by atoms with E-state index in [9.17, 15) is 0 Å². The van der Waals surface area contributed by atoms with Crippen LogP contribution in [-0.2, 0) is 15.9 Å². The fraction of sp³-hybridized carbons (Fsp3) is 0.647. The van der Waals surface area contributed by atoms with Crippen molar-refractivity contribution in [3.8, 4) is 5.75 Å². The third-order valence-electron chi connectivity index (χ3n) is 3.16. The summed E-state index contributed by atoms with van der Waals surface area (Å²) >= 11 is 0. The molecular formula is C17H29NO3. The van der Waals surface area contributed by atoms with E-state index >= 15 is 0 Å². The lowest BCUT2D eigenvalue weighted by Crippen LogP contribution is -2.22. The van der Waals surface area contributed by atoms with Crippen LogP contribution in [0.1, 0.15) is 25.3 Å². The molecular weight excluding hydrogens is 266 g/mol. The van der Waals surface area contributed by atoms with Gasteiger partial charge in [0.05, 0.1) is 6.61 Å². The van der Waals surface area contributed by atoms with Gasteiger partial charge < -0.3 is 19.5 Å². The van der Waals surface area contributed by atoms with Crippen LogP contribution in [0.4, 0.5) is 0 Å². The Morgan fingerprint density at radius 1 is 0.952 bits per heavy atom. The van der Waals surface area contributed by atoms with Crippen molar-refractivity contribution in [2.24, 2.45) is 0 Å². The molecule has 0 spiro atoms. The maximum Gasteiger partial charge on any atom is 0.119 e. The van der Waals surface area contributed by atoms with Gasteiger partial charge in [0.2, 0.25) is 0 Å². The summed E-state index contributed by atoms with van der Waals surface area (Å²) < 4.78 is 16.0. The van der Waals surface area contributed by atoms with E-state index in [1.165, 1.54) is 5.56 Å². The highest BCUT2D eigenvalue weighted by Crippen LogP contribution is 2.12. The SMILES string of the molecule is CCOCCCCNCCOc1ccc(CCOC)cc1. The van der Waals surface area contributed by atoms with Crippen LogP contribution < -0.4 is 10.1 Å². The van der Waals surface area contributed by atoms with Crippen molar-refractivity contribution in [2.75, 3.05) is 46.6 Å². The van der Waals surface area contributed by atoms with Gasteiger partial charge >= 0.3 is 0 Å². The van der Waals surface area contributed by atoms with E-state index in [4.69, 9.17) is 14.2 Å². The van der Waals surface area contributed by atoms with Crippen LogP contribution >= 0.6 is 0 Å². The van der Waals surface area contributed by atoms with Crippen LogP contribution in [-0.4, -0.2) is 46.6 Å². The topological polar surface area (TPSA) is 39.7 Å². The summed E-state index contributed by atoms with van der Waals surface area (Å²) in [5, 5.41) is 3.37. The molecule has 0 atom stereocenters. The molecule has 1 rings (SSSR count). The second-order valence-corrected chi connectivity index (χ2v) is 4.89. The number of ether oxygens (including phenoxy) is 3. The number of nitrogens with one attached hydrogen (secondary N) is 1. The van der Waals surface area contributed by atoms with Gasteiger partial charge in [-0.2, -0.15) is 0 Å². The predicted octanol–water partition coefficient (Wildman–Crippen LogP) is 2.66. The Bertz CT molecular complexity index is 340. The van der Waals surface area contributed by atoms with Gasteiger partial charge in [0, 0.05) is 26.9 Å². The summed E-state index contributed by atoms with van der Waals surface area (Å²) in [4.78, 5) is 0. The zero-order valence-corrected chi connectivity index (χ0v) is 13.4. The zero-order chi connectivity index (χ0) is 15.2. The van der Waals surface area contributed by atoms with Crippen molar-refractivity contribution >= 4 is 0 Å². The van der Waals surface area contributed by atoms with Crippen molar-refractivity contribution in [1.29, 1.82) is 0 Å². The van der Waals surface area contributed by atoms with Gasteiger partial charge in [-0.15, -0.1) is 0 Å². The molecule has 1 N–H and O–H groups in total. The highest BCUT2D eigenvalue weighted by atomic mass is 16.5. The normalized spacial score (nSPS) is 10.8. The smallest absolute Gasteiger partial charge is 0.119 e. The first-order chi connectivity index (χ1) is 10.4. The first-order valence-electron chi connectivity index (χ1n) is 7.86. The van der Waals surface area contributed by atoms with Crippen molar-refractivity contribution in [3.05, 3.63) is 29.8 Å². The average molecular weight is 295 g/mol. The van der Waals surface area contributed by atoms with Crippen LogP contribution in [0.3, 0.4) is 0 Å². The number of hydrogen-bond acceptors (Lipinski definition) is 4. The quantitative estimate of drug-likeness (QED) is 0.568. The summed E-state index contributed by atoms with van der Waals surface area (Å²) in [5.41, 5.74) is 1.27. The van der Waals surface area contributed by atoms with Crippen molar-refractivity contribution < 1.29 is 14.2 Å². The van der Waals surface area contributed by atoms with Crippen LogP contribution in [0.5, 0.6) is 5.75 Å². The molecule has 0 bridgehead atoms. The molecule has 1 aromatic carbocycles. The van der Waals surface area contributed by atoms with E-state index in [2.05, 4.69) is 17.4 Å². The molecule has 0 saturated heterocycles. The largest absolute Gasteiger partial charge is 0.492 e. The maximum absolute atomic E-state index is 5.69. The van der Waals surface area contributed by atoms with Crippen molar-refractivity contribution in [1.82, 2.24) is 5.32 Å². The monoisotopic (exact) mass is 295 g/mol. The molecule has 0 radical (unpaired) electrons. The number of rotatable bonds is 13. The molecule has 0 aliphatic rings. The van der Waals surface area contributed by atoms with Crippen LogP contribution in [0.15, 0.2) is 24.3 Å². The number of unbranched alkanes of at least 4 members (excludes halogenated alkanes) is 1. The number of methoxy groups -OCH3 is 1. The van der Waals surface area contributed by atoms with Gasteiger partial charge in [-0.25, -0.2) is 0 Å². The maximum atomic E-state index is 5.69. The highest BCUT2D eigenvalue weighted by molar-refractivity contribution is 5.27. The summed E-state index contributed by atoms with van der Waals surface area (Å²) in [5.74, 6) is 0.925. The molecule has 0 fully saturated rings. The zero-order valence-electron chi connectivity index (χ0n) is 13.4. The Balaban J connectivity index is 1.99. The molecule has 0 amide bonds. The van der Waals surface area contributed by atoms with E-state index in [1.807, 2.05) is 19.1 Å². The molecule has 0 heterocycles. The lowest BCUT2D eigenvalue weighted by atomic mass is 10.1. The lowest BCUT2D eigenvalue weighted by molar-refractivity contribution is 0.143. The predicted molar refractivity (Wildman–Crippen MR) is 86.1 cm³/mol. The fourth-order valence-electron chi connectivity index (χ4n) is 1.94. The third kappa shape index (κ3) is 9.45. The highest BCUT2D eigenvalue weighted by Gasteiger charge is 1.96. The Morgan fingerprint density at radius 3 is 2.48 bits per heavy atom. The van der Waals surface area contributed by atoms with Crippen LogP contribution in [0.25, 0.3) is 0 Å². The molecule has 0 aliphatic heterocycles. The van der Waals surface area contributed by atoms with Crippen LogP contribution in [0.2, 0.25) is 0 Å². The summed E-state index contributed by atoms with van der Waals surface area (Å²) in [6.45, 7) is 7.05. The number of hydrogen-bond donors (Lipinski definition) is 1. The minimum Gasteiger partial charge on any atom is -0.492 e. The molecule has 0 unspecified atom stereocenters. The van der Waals surface area contributed by atoms with Crippen LogP contribution in [0, 0.1) is 0 Å². The fourth-order valence-corrected chi connectivity index (χ4v) is 1.94. The molecule has 0 aromatic heterocycles. The minimum absolute atomic E-state index is 0.697. The molecule has 120 valence electrons. The van der Waals surface area contributed by atoms with E-state index < -0.39 is 0 Å². The standard InChI is InChI=1S/C17H29NO3/c1-3-20-13-5-4-11-18-12-15-21-17-8-6-16(7-9-17)10-14-19-2/h6-9,18H,3-5,10-15H2,1-2H3. The first kappa shape index (κ1) is 18.0. The van der Waals surface area contributed by atoms with E-state index in [0.717, 1.165) is 57.9 Å². The van der Waals surface area contributed by atoms with E-state index in [-0.39, 0.29) is 0 Å². The van der Waals surface area contributed by atoms with Gasteiger partial charge in [-0.3, -0.25) is 0 Å². The lowest BCUT2D eigenvalue weighted by Gasteiger charge is -2.08. The van der Waals surface area contributed by atoms with Gasteiger partial charge in [0.1, 0.15) is 12.4 Å². The molecule has 21 heavy (non-hydrogen) atoms. The van der Waals surface area contributed by atoms with Gasteiger partial charge in [-0.05, 0) is 50.4 Å². The minimum atomic E-state index is 0.697. The average Bonchev–Trinajstić information content (AvgIpc) is 2.52. The Labute approximate surface area is 128 Å². The second kappa shape index (κ2) is 12.6. The molecule has 1 aromatic rings. The van der Waals surface area contributed by atoms with Crippen molar-refractivity contribution in [2.45, 2.75) is 26.2 Å². The Morgan fingerprint density at radius 2 is 1.76 bits per heavy atom. The molecule has 0 saturated carbocycles. The van der Waals surface area contributed by atoms with Gasteiger partial charge in [-0.1, -0.05) is 12.1 Å². The van der Waals surface area contributed by atoms with Crippen molar-refractivity contribution in [3.63, 3.8) is 0 Å². The Kier molecular flexibility index (Phi) is 10.8. The van der Waals surface area contributed by atoms with E-state index in [1.54, 1.807) is 7.11 Å². The summed E-state index contributed by atoms with van der Waals surface area (Å²) in [6, 6.07) is 8.23. The summed E-state index contributed by atoms with van der Waals surface area (Å²) in [6.07, 6.45) is 3.21. The molecule has 4 nitrogen and oxygen atoms in total. The third-order valence-corrected chi connectivity index (χ3v) is 3.16. The molecule has 4 heteroatoms. The van der Waals surface area contributed by atoms with Gasteiger partial charge in [0.15, 0.2) is 0 Å². The first-order valence-corrected chi connectivity index (χ1v) is 7.86. The van der Waals surface area contributed by atoms with Gasteiger partial charge in [0.25, 0.3) is 0 Å². The number of benzene rings is 1. The second-order valence-electron chi connectivity index (χ2n) is 4.89.